The Hall–Kier alpha value is -3.29. The summed E-state index contributed by atoms with van der Waals surface area (Å²) in [5.41, 5.74) is 3.20. The van der Waals surface area contributed by atoms with E-state index in [0.29, 0.717) is 41.1 Å². The van der Waals surface area contributed by atoms with E-state index < -0.39 is 11.6 Å². The Labute approximate surface area is 206 Å². The van der Waals surface area contributed by atoms with Crippen LogP contribution in [0.5, 0.6) is 0 Å². The molecule has 1 fully saturated rings. The minimum Gasteiger partial charge on any atom is -0.440 e. The lowest BCUT2D eigenvalue weighted by Gasteiger charge is -2.18. The summed E-state index contributed by atoms with van der Waals surface area (Å²) in [7, 11) is 0. The minimum absolute atomic E-state index is 0.0198. The maximum atomic E-state index is 14.8. The Kier molecular flexibility index (Phi) is 6.30. The van der Waals surface area contributed by atoms with Crippen LogP contribution in [0, 0.1) is 25.5 Å². The third-order valence-electron chi connectivity index (χ3n) is 6.27. The lowest BCUT2D eigenvalue weighted by atomic mass is 10.0. The van der Waals surface area contributed by atoms with Gasteiger partial charge in [-0.2, -0.15) is 0 Å². The molecule has 3 heterocycles. The number of rotatable bonds is 4. The van der Waals surface area contributed by atoms with Crippen LogP contribution >= 0.6 is 11.6 Å². The van der Waals surface area contributed by atoms with Crippen LogP contribution in [0.1, 0.15) is 35.8 Å². The van der Waals surface area contributed by atoms with Gasteiger partial charge in [0.05, 0.1) is 11.3 Å². The second-order valence-electron chi connectivity index (χ2n) is 8.75. The van der Waals surface area contributed by atoms with Crippen molar-refractivity contribution < 1.29 is 17.9 Å². The number of ether oxygens (including phenoxy) is 1. The summed E-state index contributed by atoms with van der Waals surface area (Å²) >= 11 is 6.19. The van der Waals surface area contributed by atoms with Crippen molar-refractivity contribution >= 4 is 11.6 Å². The van der Waals surface area contributed by atoms with Crippen LogP contribution in [0.2, 0.25) is 5.02 Å². The maximum Gasteiger partial charge on any atom is 0.255 e. The van der Waals surface area contributed by atoms with Crippen LogP contribution < -0.4 is 5.56 Å². The smallest absolute Gasteiger partial charge is 0.255 e. The predicted molar refractivity (Wildman–Crippen MR) is 130 cm³/mol. The molecule has 1 saturated heterocycles. The van der Waals surface area contributed by atoms with E-state index in [1.54, 1.807) is 24.4 Å². The van der Waals surface area contributed by atoms with Gasteiger partial charge in [-0.3, -0.25) is 9.36 Å². The molecule has 0 saturated carbocycles. The number of hydrogen-bond acceptors (Lipinski definition) is 4. The van der Waals surface area contributed by atoms with Gasteiger partial charge in [0, 0.05) is 48.0 Å². The Morgan fingerprint density at radius 2 is 1.74 bits per heavy atom. The number of oxazole rings is 1. The number of pyridine rings is 1. The molecule has 2 aromatic heterocycles. The Bertz CT molecular complexity index is 1450. The van der Waals surface area contributed by atoms with Gasteiger partial charge in [-0.1, -0.05) is 11.6 Å². The number of benzene rings is 2. The molecule has 180 valence electrons. The average Bonchev–Trinajstić information content (AvgIpc) is 3.25. The van der Waals surface area contributed by atoms with Crippen molar-refractivity contribution in [3.05, 3.63) is 92.7 Å². The van der Waals surface area contributed by atoms with Gasteiger partial charge in [-0.25, -0.2) is 13.8 Å². The number of aromatic nitrogens is 2. The Morgan fingerprint density at radius 3 is 2.43 bits per heavy atom. The molecule has 35 heavy (non-hydrogen) atoms. The highest BCUT2D eigenvalue weighted by Gasteiger charge is 2.26. The van der Waals surface area contributed by atoms with Crippen LogP contribution in [0.3, 0.4) is 0 Å². The first kappa shape index (κ1) is 23.5. The van der Waals surface area contributed by atoms with E-state index in [-0.39, 0.29) is 22.8 Å². The molecule has 5 nitrogen and oxygen atoms in total. The SMILES string of the molecule is Cc1cc(Cl)cc(C)c1-n1cc(-c2nc(C3CCOCC3)oc2-c2ccc(F)cc2F)ccc1=O. The summed E-state index contributed by atoms with van der Waals surface area (Å²) in [6.45, 7) is 4.93. The molecular formula is C27H23ClF2N2O3. The highest BCUT2D eigenvalue weighted by Crippen LogP contribution is 2.38. The summed E-state index contributed by atoms with van der Waals surface area (Å²) in [5.74, 6) is -0.748. The minimum atomic E-state index is -0.751. The molecule has 2 aromatic carbocycles. The summed E-state index contributed by atoms with van der Waals surface area (Å²) in [5, 5.41) is 0.583. The predicted octanol–water partition coefficient (Wildman–Crippen LogP) is 6.60. The molecular weight excluding hydrogens is 474 g/mol. The van der Waals surface area contributed by atoms with Gasteiger partial charge < -0.3 is 9.15 Å². The van der Waals surface area contributed by atoms with E-state index >= 15 is 0 Å². The van der Waals surface area contributed by atoms with Gasteiger partial charge in [0.2, 0.25) is 0 Å². The lowest BCUT2D eigenvalue weighted by molar-refractivity contribution is 0.0796. The molecule has 1 aliphatic rings. The molecule has 0 radical (unpaired) electrons. The van der Waals surface area contributed by atoms with E-state index in [1.807, 2.05) is 13.8 Å². The van der Waals surface area contributed by atoms with Crippen molar-refractivity contribution in [3.8, 4) is 28.3 Å². The molecule has 0 amide bonds. The number of halogens is 3. The zero-order valence-electron chi connectivity index (χ0n) is 19.3. The van der Waals surface area contributed by atoms with Gasteiger partial charge in [0.15, 0.2) is 11.7 Å². The van der Waals surface area contributed by atoms with Crippen molar-refractivity contribution in [1.29, 1.82) is 0 Å². The monoisotopic (exact) mass is 496 g/mol. The topological polar surface area (TPSA) is 57.3 Å². The first-order valence-electron chi connectivity index (χ1n) is 11.4. The molecule has 4 aromatic rings. The normalized spacial score (nSPS) is 14.4. The van der Waals surface area contributed by atoms with Crippen LogP contribution in [0.4, 0.5) is 8.78 Å². The van der Waals surface area contributed by atoms with Gasteiger partial charge >= 0.3 is 0 Å². The van der Waals surface area contributed by atoms with Crippen LogP contribution in [0.25, 0.3) is 28.3 Å². The number of hydrogen-bond donors (Lipinski definition) is 0. The van der Waals surface area contributed by atoms with Crippen LogP contribution in [0.15, 0.2) is 57.9 Å². The second kappa shape index (κ2) is 9.40. The molecule has 0 atom stereocenters. The second-order valence-corrected chi connectivity index (χ2v) is 9.19. The third kappa shape index (κ3) is 4.54. The summed E-state index contributed by atoms with van der Waals surface area (Å²) in [6.07, 6.45) is 3.13. The van der Waals surface area contributed by atoms with E-state index in [0.717, 1.165) is 30.0 Å². The fraction of sp³-hybridized carbons (Fsp3) is 0.259. The van der Waals surface area contributed by atoms with Gasteiger partial charge in [0.25, 0.3) is 5.56 Å². The van der Waals surface area contributed by atoms with Gasteiger partial charge in [-0.05, 0) is 68.1 Å². The first-order chi connectivity index (χ1) is 16.8. The van der Waals surface area contributed by atoms with Crippen LogP contribution in [-0.2, 0) is 4.74 Å². The van der Waals surface area contributed by atoms with Gasteiger partial charge in [0.1, 0.15) is 17.3 Å². The summed E-state index contributed by atoms with van der Waals surface area (Å²) in [4.78, 5) is 17.6. The maximum absolute atomic E-state index is 14.8. The van der Waals surface area contributed by atoms with E-state index in [4.69, 9.17) is 25.7 Å². The van der Waals surface area contributed by atoms with Crippen molar-refractivity contribution in [2.75, 3.05) is 13.2 Å². The summed E-state index contributed by atoms with van der Waals surface area (Å²) in [6, 6.07) is 10.00. The van der Waals surface area contributed by atoms with Crippen molar-refractivity contribution in [1.82, 2.24) is 9.55 Å². The largest absolute Gasteiger partial charge is 0.440 e. The highest BCUT2D eigenvalue weighted by atomic mass is 35.5. The molecule has 8 heteroatoms. The zero-order chi connectivity index (χ0) is 24.7. The van der Waals surface area contributed by atoms with E-state index in [9.17, 15) is 13.6 Å². The van der Waals surface area contributed by atoms with E-state index in [2.05, 4.69) is 0 Å². The fourth-order valence-corrected chi connectivity index (χ4v) is 4.92. The fourth-order valence-electron chi connectivity index (χ4n) is 4.59. The van der Waals surface area contributed by atoms with Crippen molar-refractivity contribution in [3.63, 3.8) is 0 Å². The highest BCUT2D eigenvalue weighted by molar-refractivity contribution is 6.30. The van der Waals surface area contributed by atoms with Crippen molar-refractivity contribution in [2.45, 2.75) is 32.6 Å². The molecule has 0 aliphatic carbocycles. The lowest BCUT2D eigenvalue weighted by Crippen LogP contribution is -2.18. The third-order valence-corrected chi connectivity index (χ3v) is 6.49. The van der Waals surface area contributed by atoms with Gasteiger partial charge in [-0.15, -0.1) is 0 Å². The quantitative estimate of drug-likeness (QED) is 0.319. The Morgan fingerprint density at radius 1 is 1.03 bits per heavy atom. The van der Waals surface area contributed by atoms with E-state index in [1.165, 1.54) is 22.8 Å². The average molecular weight is 497 g/mol. The molecule has 0 spiro atoms. The number of nitrogens with zero attached hydrogens (tertiary/aromatic N) is 2. The molecule has 0 unspecified atom stereocenters. The van der Waals surface area contributed by atoms with Crippen molar-refractivity contribution in [2.24, 2.45) is 0 Å². The molecule has 0 N–H and O–H groups in total. The standard InChI is InChI=1S/C27H23ClF2N2O3/c1-15-11-19(28)12-16(2)25(15)32-14-18(3-6-23(32)33)24-26(21-5-4-20(29)13-22(21)30)35-27(31-24)17-7-9-34-10-8-17/h3-6,11-14,17H,7-10H2,1-2H3. The first-order valence-corrected chi connectivity index (χ1v) is 11.7. The molecule has 5 rings (SSSR count). The molecule has 1 aliphatic heterocycles. The zero-order valence-corrected chi connectivity index (χ0v) is 20.0. The Balaban J connectivity index is 1.70. The van der Waals surface area contributed by atoms with Crippen LogP contribution in [-0.4, -0.2) is 22.8 Å². The number of aryl methyl sites for hydroxylation is 2. The molecule has 0 bridgehead atoms. The summed E-state index contributed by atoms with van der Waals surface area (Å²) < 4.78 is 41.5.